The fourth-order valence-electron chi connectivity index (χ4n) is 2.62. The van der Waals surface area contributed by atoms with Gasteiger partial charge in [-0.1, -0.05) is 0 Å². The third kappa shape index (κ3) is 4.43. The van der Waals surface area contributed by atoms with Crippen molar-refractivity contribution in [3.8, 4) is 0 Å². The number of rotatable bonds is 2. The van der Waals surface area contributed by atoms with E-state index in [0.29, 0.717) is 34.3 Å². The van der Waals surface area contributed by atoms with E-state index in [4.69, 9.17) is 0 Å². The zero-order valence-electron chi connectivity index (χ0n) is 17.8. The van der Waals surface area contributed by atoms with Gasteiger partial charge in [-0.25, -0.2) is 9.97 Å². The van der Waals surface area contributed by atoms with Crippen molar-refractivity contribution in [3.05, 3.63) is 56.4 Å². The van der Waals surface area contributed by atoms with Gasteiger partial charge in [0.25, 0.3) is 11.1 Å². The molecule has 0 radical (unpaired) electrons. The summed E-state index contributed by atoms with van der Waals surface area (Å²) in [6.45, 7) is 3.52. The minimum atomic E-state index is -0.106. The zero-order chi connectivity index (χ0) is 22.0. The van der Waals surface area contributed by atoms with E-state index in [-0.39, 0.29) is 11.1 Å². The van der Waals surface area contributed by atoms with Crippen molar-refractivity contribution in [1.29, 1.82) is 0 Å². The molecule has 0 aromatic carbocycles. The molecule has 0 atom stereocenters. The Morgan fingerprint density at radius 2 is 1.07 bits per heavy atom. The maximum Gasteiger partial charge on any atom is 0.252 e. The summed E-state index contributed by atoms with van der Waals surface area (Å²) in [5.41, 5.74) is 2.28. The second-order valence-corrected chi connectivity index (χ2v) is 7.30. The molecule has 4 aromatic heterocycles. The highest BCUT2D eigenvalue weighted by Gasteiger charge is 2.05. The lowest BCUT2D eigenvalue weighted by molar-refractivity contribution is 1.00. The van der Waals surface area contributed by atoms with Crippen LogP contribution in [-0.2, 0) is 0 Å². The molecule has 0 saturated heterocycles. The van der Waals surface area contributed by atoms with Gasteiger partial charge < -0.3 is 19.8 Å². The Labute approximate surface area is 172 Å². The highest BCUT2D eigenvalue weighted by atomic mass is 16.1. The van der Waals surface area contributed by atoms with Gasteiger partial charge in [0.2, 0.25) is 11.9 Å². The molecule has 0 bridgehead atoms. The molecule has 2 N–H and O–H groups in total. The van der Waals surface area contributed by atoms with Crippen LogP contribution in [0.4, 0.5) is 11.9 Å². The summed E-state index contributed by atoms with van der Waals surface area (Å²) >= 11 is 0. The molecular formula is C20H24N8O2. The lowest BCUT2D eigenvalue weighted by Crippen LogP contribution is -2.14. The van der Waals surface area contributed by atoms with Crippen LogP contribution in [0, 0.1) is 13.8 Å². The van der Waals surface area contributed by atoms with Crippen molar-refractivity contribution < 1.29 is 0 Å². The summed E-state index contributed by atoms with van der Waals surface area (Å²) in [5.74, 6) is 1.17. The summed E-state index contributed by atoms with van der Waals surface area (Å²) in [6.07, 6.45) is 3.42. The first-order valence-electron chi connectivity index (χ1n) is 9.23. The number of H-pyrrole nitrogens is 2. The molecule has 30 heavy (non-hydrogen) atoms. The van der Waals surface area contributed by atoms with E-state index in [1.165, 1.54) is 0 Å². The molecule has 0 spiro atoms. The van der Waals surface area contributed by atoms with Crippen LogP contribution in [-0.4, -0.2) is 58.1 Å². The number of nitrogens with zero attached hydrogens (tertiary/aromatic N) is 6. The monoisotopic (exact) mass is 408 g/mol. The lowest BCUT2D eigenvalue weighted by atomic mass is 10.2. The average molecular weight is 408 g/mol. The Morgan fingerprint density at radius 3 is 1.40 bits per heavy atom. The Morgan fingerprint density at radius 1 is 0.700 bits per heavy atom. The van der Waals surface area contributed by atoms with Gasteiger partial charge in [-0.05, 0) is 26.0 Å². The van der Waals surface area contributed by atoms with Crippen LogP contribution in [0.25, 0.3) is 22.1 Å². The van der Waals surface area contributed by atoms with Gasteiger partial charge in [0.1, 0.15) is 11.3 Å². The molecule has 4 rings (SSSR count). The molecule has 0 fully saturated rings. The van der Waals surface area contributed by atoms with Crippen molar-refractivity contribution in [2.75, 3.05) is 38.0 Å². The van der Waals surface area contributed by atoms with Gasteiger partial charge in [-0.15, -0.1) is 0 Å². The van der Waals surface area contributed by atoms with Gasteiger partial charge in [-0.3, -0.25) is 9.59 Å². The number of anilines is 2. The summed E-state index contributed by atoms with van der Waals surface area (Å²) in [5, 5.41) is 1.69. The van der Waals surface area contributed by atoms with Gasteiger partial charge >= 0.3 is 0 Å². The molecule has 0 saturated carbocycles. The van der Waals surface area contributed by atoms with Gasteiger partial charge in [0, 0.05) is 62.5 Å². The maximum atomic E-state index is 11.4. The normalized spacial score (nSPS) is 10.6. The second kappa shape index (κ2) is 8.27. The number of aromatic nitrogens is 6. The van der Waals surface area contributed by atoms with E-state index >= 15 is 0 Å². The van der Waals surface area contributed by atoms with E-state index in [1.807, 2.05) is 28.2 Å². The number of aromatic amines is 2. The summed E-state index contributed by atoms with van der Waals surface area (Å²) in [4.78, 5) is 48.6. The van der Waals surface area contributed by atoms with Crippen LogP contribution >= 0.6 is 0 Å². The largest absolute Gasteiger partial charge is 0.347 e. The number of fused-ring (bicyclic) bond motifs is 2. The predicted molar refractivity (Wildman–Crippen MR) is 118 cm³/mol. The first-order valence-corrected chi connectivity index (χ1v) is 9.23. The summed E-state index contributed by atoms with van der Waals surface area (Å²) in [6, 6.07) is 3.57. The van der Waals surface area contributed by atoms with E-state index in [9.17, 15) is 9.59 Å². The van der Waals surface area contributed by atoms with Crippen LogP contribution in [0.1, 0.15) is 11.1 Å². The van der Waals surface area contributed by atoms with E-state index in [1.54, 1.807) is 48.2 Å². The fraction of sp³-hybridized carbons (Fsp3) is 0.300. The first kappa shape index (κ1) is 20.9. The van der Waals surface area contributed by atoms with E-state index in [2.05, 4.69) is 29.9 Å². The topological polar surface area (TPSA) is 124 Å². The van der Waals surface area contributed by atoms with Crippen LogP contribution in [0.15, 0.2) is 34.1 Å². The van der Waals surface area contributed by atoms with Crippen molar-refractivity contribution in [1.82, 2.24) is 29.9 Å². The molecule has 0 unspecified atom stereocenters. The molecule has 0 aliphatic carbocycles. The highest BCUT2D eigenvalue weighted by molar-refractivity contribution is 5.75. The number of hydrogen-bond donors (Lipinski definition) is 2. The van der Waals surface area contributed by atoms with Crippen molar-refractivity contribution >= 4 is 34.0 Å². The van der Waals surface area contributed by atoms with Gasteiger partial charge in [0.05, 0.1) is 0 Å². The van der Waals surface area contributed by atoms with Crippen molar-refractivity contribution in [2.24, 2.45) is 0 Å². The van der Waals surface area contributed by atoms with Crippen molar-refractivity contribution in [2.45, 2.75) is 13.8 Å². The highest BCUT2D eigenvalue weighted by Crippen LogP contribution is 2.11. The van der Waals surface area contributed by atoms with Gasteiger partial charge in [0.15, 0.2) is 0 Å². The number of aryl methyl sites for hydroxylation is 2. The molecule has 156 valence electrons. The molecule has 10 heteroatoms. The Hall–Kier alpha value is -3.82. The van der Waals surface area contributed by atoms with Crippen LogP contribution < -0.4 is 20.9 Å². The Balaban J connectivity index is 0.000000171. The molecule has 4 aromatic rings. The smallest absolute Gasteiger partial charge is 0.252 e. The lowest BCUT2D eigenvalue weighted by Gasteiger charge is -2.09. The third-order valence-corrected chi connectivity index (χ3v) is 4.33. The minimum Gasteiger partial charge on any atom is -0.347 e. The molecule has 4 heterocycles. The maximum absolute atomic E-state index is 11.4. The zero-order valence-corrected chi connectivity index (χ0v) is 17.8. The van der Waals surface area contributed by atoms with E-state index < -0.39 is 0 Å². The third-order valence-electron chi connectivity index (χ3n) is 4.33. The SMILES string of the molecule is Cc1cc2cnc(N(C)C)nc2[nH]c1=O.Cc1cc2cnc(N(C)C)nc2[nH]c1=O. The molecule has 0 aliphatic heterocycles. The molecule has 10 nitrogen and oxygen atoms in total. The Bertz CT molecular complexity index is 1220. The number of hydrogen-bond acceptors (Lipinski definition) is 8. The standard InChI is InChI=1S/2C10H12N4O/c2*1-6-4-7-5-11-10(14(2)3)13-8(7)12-9(6)15/h2*4-5H,1-3H3,(H,11,12,13,15). The average Bonchev–Trinajstić information content (AvgIpc) is 2.69. The molecule has 0 amide bonds. The molecule has 0 aliphatic rings. The number of pyridine rings is 2. The Kier molecular flexibility index (Phi) is 5.77. The first-order chi connectivity index (χ1) is 14.2. The van der Waals surface area contributed by atoms with Crippen LogP contribution in [0.2, 0.25) is 0 Å². The quantitative estimate of drug-likeness (QED) is 0.510. The fourth-order valence-corrected chi connectivity index (χ4v) is 2.62. The minimum absolute atomic E-state index is 0.106. The summed E-state index contributed by atoms with van der Waals surface area (Å²) < 4.78 is 0. The second-order valence-electron chi connectivity index (χ2n) is 7.30. The van der Waals surface area contributed by atoms with Gasteiger partial charge in [-0.2, -0.15) is 9.97 Å². The van der Waals surface area contributed by atoms with Crippen LogP contribution in [0.3, 0.4) is 0 Å². The van der Waals surface area contributed by atoms with Crippen molar-refractivity contribution in [3.63, 3.8) is 0 Å². The predicted octanol–water partition coefficient (Wildman–Crippen LogP) is 1.39. The van der Waals surface area contributed by atoms with E-state index in [0.717, 1.165) is 10.8 Å². The summed E-state index contributed by atoms with van der Waals surface area (Å²) in [7, 11) is 7.42. The molecular weight excluding hydrogens is 384 g/mol. The number of nitrogens with one attached hydrogen (secondary N) is 2. The van der Waals surface area contributed by atoms with Crippen LogP contribution in [0.5, 0.6) is 0 Å².